The van der Waals surface area contributed by atoms with Crippen LogP contribution >= 0.6 is 0 Å². The molecule has 114 valence electrons. The lowest BCUT2D eigenvalue weighted by Crippen LogP contribution is -2.30. The largest absolute Gasteiger partial charge is 0.381 e. The van der Waals surface area contributed by atoms with Gasteiger partial charge in [-0.05, 0) is 65.1 Å². The summed E-state index contributed by atoms with van der Waals surface area (Å²) in [6.07, 6.45) is 7.72. The van der Waals surface area contributed by atoms with Crippen LogP contribution in [-0.2, 0) is 4.74 Å². The Labute approximate surface area is 120 Å². The number of rotatable bonds is 10. The van der Waals surface area contributed by atoms with Crippen molar-refractivity contribution in [3.63, 3.8) is 0 Å². The first-order valence-corrected chi connectivity index (χ1v) is 8.22. The molecule has 1 heterocycles. The van der Waals surface area contributed by atoms with Gasteiger partial charge in [0.05, 0.1) is 0 Å². The van der Waals surface area contributed by atoms with Crippen LogP contribution in [0.15, 0.2) is 0 Å². The van der Waals surface area contributed by atoms with E-state index in [-0.39, 0.29) is 0 Å². The van der Waals surface area contributed by atoms with Crippen molar-refractivity contribution in [2.75, 3.05) is 39.9 Å². The Morgan fingerprint density at radius 3 is 2.68 bits per heavy atom. The van der Waals surface area contributed by atoms with Crippen LogP contribution in [0.5, 0.6) is 0 Å². The summed E-state index contributed by atoms with van der Waals surface area (Å²) in [5.41, 5.74) is 0. The average Bonchev–Trinajstić information content (AvgIpc) is 2.42. The zero-order valence-electron chi connectivity index (χ0n) is 13.3. The van der Waals surface area contributed by atoms with Gasteiger partial charge >= 0.3 is 0 Å². The summed E-state index contributed by atoms with van der Waals surface area (Å²) in [7, 11) is 2.27. The van der Waals surface area contributed by atoms with E-state index in [0.717, 1.165) is 25.7 Å². The van der Waals surface area contributed by atoms with E-state index in [2.05, 4.69) is 31.1 Å². The molecule has 0 radical (unpaired) electrons. The first kappa shape index (κ1) is 16.9. The minimum atomic E-state index is 0.681. The van der Waals surface area contributed by atoms with Crippen molar-refractivity contribution >= 4 is 0 Å². The van der Waals surface area contributed by atoms with E-state index in [1.54, 1.807) is 0 Å². The molecule has 0 amide bonds. The van der Waals surface area contributed by atoms with Crippen molar-refractivity contribution in [1.82, 2.24) is 10.2 Å². The van der Waals surface area contributed by atoms with Crippen LogP contribution in [0.1, 0.15) is 52.4 Å². The molecule has 0 aliphatic carbocycles. The molecule has 0 spiro atoms. The summed E-state index contributed by atoms with van der Waals surface area (Å²) >= 11 is 0. The lowest BCUT2D eigenvalue weighted by molar-refractivity contribution is 0.0555. The lowest BCUT2D eigenvalue weighted by atomic mass is 10.00. The molecular weight excluding hydrogens is 236 g/mol. The zero-order chi connectivity index (χ0) is 13.9. The lowest BCUT2D eigenvalue weighted by Gasteiger charge is -2.27. The van der Waals surface area contributed by atoms with Crippen LogP contribution in [0, 0.1) is 5.92 Å². The third-order valence-electron chi connectivity index (χ3n) is 4.08. The van der Waals surface area contributed by atoms with Crippen LogP contribution in [0.3, 0.4) is 0 Å². The molecule has 0 bridgehead atoms. The van der Waals surface area contributed by atoms with Gasteiger partial charge in [0.2, 0.25) is 0 Å². The molecule has 0 aromatic carbocycles. The molecule has 19 heavy (non-hydrogen) atoms. The minimum absolute atomic E-state index is 0.681. The fraction of sp³-hybridized carbons (Fsp3) is 1.00. The van der Waals surface area contributed by atoms with Gasteiger partial charge in [-0.3, -0.25) is 0 Å². The molecule has 3 nitrogen and oxygen atoms in total. The number of unbranched alkanes of at least 4 members (excludes halogenated alkanes) is 1. The van der Waals surface area contributed by atoms with Crippen LogP contribution in [0.4, 0.5) is 0 Å². The summed E-state index contributed by atoms with van der Waals surface area (Å²) in [6.45, 7) is 10.1. The van der Waals surface area contributed by atoms with Crippen molar-refractivity contribution in [3.05, 3.63) is 0 Å². The fourth-order valence-corrected chi connectivity index (χ4v) is 2.79. The highest BCUT2D eigenvalue weighted by Crippen LogP contribution is 2.15. The highest BCUT2D eigenvalue weighted by atomic mass is 16.5. The standard InChI is InChI=1S/C16H34N2O/c1-4-10-17-15(2)7-5-6-11-18(3)14-16-8-12-19-13-9-16/h15-17H,4-14H2,1-3H3. The highest BCUT2D eigenvalue weighted by Gasteiger charge is 2.15. The average molecular weight is 270 g/mol. The summed E-state index contributed by atoms with van der Waals surface area (Å²) in [6, 6.07) is 0.681. The Balaban J connectivity index is 1.95. The van der Waals surface area contributed by atoms with Gasteiger partial charge < -0.3 is 15.0 Å². The Kier molecular flexibility index (Phi) is 9.48. The number of ether oxygens (including phenoxy) is 1. The van der Waals surface area contributed by atoms with E-state index in [4.69, 9.17) is 4.74 Å². The number of hydrogen-bond acceptors (Lipinski definition) is 3. The molecule has 0 aromatic rings. The van der Waals surface area contributed by atoms with Gasteiger partial charge in [0, 0.05) is 25.8 Å². The summed E-state index contributed by atoms with van der Waals surface area (Å²) in [5.74, 6) is 0.865. The molecule has 1 N–H and O–H groups in total. The molecule has 1 fully saturated rings. The topological polar surface area (TPSA) is 24.5 Å². The molecule has 0 saturated carbocycles. The quantitative estimate of drug-likeness (QED) is 0.618. The maximum absolute atomic E-state index is 5.41. The van der Waals surface area contributed by atoms with Crippen LogP contribution in [0.2, 0.25) is 0 Å². The van der Waals surface area contributed by atoms with E-state index >= 15 is 0 Å². The van der Waals surface area contributed by atoms with E-state index < -0.39 is 0 Å². The second-order valence-corrected chi connectivity index (χ2v) is 6.17. The Morgan fingerprint density at radius 2 is 2.00 bits per heavy atom. The summed E-state index contributed by atoms with van der Waals surface area (Å²) in [5, 5.41) is 3.56. The van der Waals surface area contributed by atoms with Crippen molar-refractivity contribution in [3.8, 4) is 0 Å². The predicted molar refractivity (Wildman–Crippen MR) is 82.6 cm³/mol. The molecular formula is C16H34N2O. The number of nitrogens with one attached hydrogen (secondary N) is 1. The van der Waals surface area contributed by atoms with Gasteiger partial charge in [-0.2, -0.15) is 0 Å². The van der Waals surface area contributed by atoms with E-state index in [9.17, 15) is 0 Å². The number of nitrogens with zero attached hydrogens (tertiary/aromatic N) is 1. The van der Waals surface area contributed by atoms with E-state index in [1.165, 1.54) is 51.6 Å². The van der Waals surface area contributed by atoms with Gasteiger partial charge in [0.1, 0.15) is 0 Å². The highest BCUT2D eigenvalue weighted by molar-refractivity contribution is 4.67. The maximum atomic E-state index is 5.41. The normalized spacial score (nSPS) is 18.9. The van der Waals surface area contributed by atoms with Gasteiger partial charge in [-0.25, -0.2) is 0 Å². The molecule has 1 saturated heterocycles. The van der Waals surface area contributed by atoms with Gasteiger partial charge in [0.25, 0.3) is 0 Å². The third kappa shape index (κ3) is 8.61. The zero-order valence-corrected chi connectivity index (χ0v) is 13.3. The van der Waals surface area contributed by atoms with Gasteiger partial charge in [-0.15, -0.1) is 0 Å². The summed E-state index contributed by atoms with van der Waals surface area (Å²) in [4.78, 5) is 2.51. The molecule has 3 heteroatoms. The van der Waals surface area contributed by atoms with Crippen LogP contribution in [0.25, 0.3) is 0 Å². The minimum Gasteiger partial charge on any atom is -0.381 e. The van der Waals surface area contributed by atoms with Crippen molar-refractivity contribution in [1.29, 1.82) is 0 Å². The Hall–Kier alpha value is -0.120. The number of hydrogen-bond donors (Lipinski definition) is 1. The molecule has 1 aliphatic heterocycles. The summed E-state index contributed by atoms with van der Waals surface area (Å²) < 4.78 is 5.41. The third-order valence-corrected chi connectivity index (χ3v) is 4.08. The smallest absolute Gasteiger partial charge is 0.0469 e. The fourth-order valence-electron chi connectivity index (χ4n) is 2.79. The maximum Gasteiger partial charge on any atom is 0.0469 e. The predicted octanol–water partition coefficient (Wildman–Crippen LogP) is 2.90. The Morgan fingerprint density at radius 1 is 1.26 bits per heavy atom. The van der Waals surface area contributed by atoms with E-state index in [0.29, 0.717) is 6.04 Å². The molecule has 0 aromatic heterocycles. The first-order valence-electron chi connectivity index (χ1n) is 8.22. The molecule has 1 rings (SSSR count). The van der Waals surface area contributed by atoms with Crippen molar-refractivity contribution < 1.29 is 4.74 Å². The Bertz CT molecular complexity index is 205. The van der Waals surface area contributed by atoms with Gasteiger partial charge in [0.15, 0.2) is 0 Å². The molecule has 1 atom stereocenters. The second kappa shape index (κ2) is 10.6. The molecule has 1 aliphatic rings. The van der Waals surface area contributed by atoms with Crippen molar-refractivity contribution in [2.24, 2.45) is 5.92 Å². The van der Waals surface area contributed by atoms with E-state index in [1.807, 2.05) is 0 Å². The van der Waals surface area contributed by atoms with Crippen LogP contribution < -0.4 is 5.32 Å². The SMILES string of the molecule is CCCNC(C)CCCCN(C)CC1CCOCC1. The second-order valence-electron chi connectivity index (χ2n) is 6.17. The monoisotopic (exact) mass is 270 g/mol. The van der Waals surface area contributed by atoms with Gasteiger partial charge in [-0.1, -0.05) is 13.3 Å². The van der Waals surface area contributed by atoms with Crippen LogP contribution in [-0.4, -0.2) is 50.8 Å². The first-order chi connectivity index (χ1) is 9.22. The molecule has 1 unspecified atom stereocenters. The van der Waals surface area contributed by atoms with Crippen molar-refractivity contribution in [2.45, 2.75) is 58.4 Å².